The minimum atomic E-state index is -3.37. The maximum absolute atomic E-state index is 12.2. The minimum absolute atomic E-state index is 0.453. The van der Waals surface area contributed by atoms with Gasteiger partial charge in [-0.2, -0.15) is 11.8 Å². The highest BCUT2D eigenvalue weighted by atomic mass is 32.2. The Hall–Kier alpha value is -0.0800. The lowest BCUT2D eigenvalue weighted by atomic mass is 10.3. The van der Waals surface area contributed by atoms with Crippen LogP contribution in [0.3, 0.4) is 0 Å². The van der Waals surface area contributed by atoms with Crippen LogP contribution in [-0.2, 0) is 16.6 Å². The Labute approximate surface area is 118 Å². The highest BCUT2D eigenvalue weighted by Crippen LogP contribution is 2.26. The molecule has 0 saturated carbocycles. The van der Waals surface area contributed by atoms with E-state index in [1.54, 1.807) is 11.8 Å². The smallest absolute Gasteiger partial charge is 0.242 e. The van der Waals surface area contributed by atoms with E-state index in [4.69, 9.17) is 0 Å². The molecule has 0 aliphatic carbocycles. The lowest BCUT2D eigenvalue weighted by Crippen LogP contribution is -2.27. The summed E-state index contributed by atoms with van der Waals surface area (Å²) in [6.45, 7) is 5.75. The molecule has 0 aromatic carbocycles. The quantitative estimate of drug-likeness (QED) is 0.719. The zero-order valence-corrected chi connectivity index (χ0v) is 13.4. The van der Waals surface area contributed by atoms with Crippen molar-refractivity contribution in [3.8, 4) is 0 Å². The van der Waals surface area contributed by atoms with Crippen molar-refractivity contribution in [3.05, 3.63) is 15.8 Å². The Balaban J connectivity index is 2.89. The van der Waals surface area contributed by atoms with Crippen LogP contribution in [0, 0.1) is 6.92 Å². The predicted octanol–water partition coefficient (Wildman–Crippen LogP) is 1.81. The summed E-state index contributed by atoms with van der Waals surface area (Å²) in [5.41, 5.74) is 0.824. The molecule has 0 aliphatic heterocycles. The topological polar surface area (TPSA) is 58.2 Å². The summed E-state index contributed by atoms with van der Waals surface area (Å²) in [6, 6.07) is 0. The maximum atomic E-state index is 12.2. The number of nitrogens with one attached hydrogen (secondary N) is 2. The molecule has 0 bridgehead atoms. The van der Waals surface area contributed by atoms with E-state index in [2.05, 4.69) is 10.0 Å². The van der Waals surface area contributed by atoms with Crippen LogP contribution in [0.25, 0.3) is 0 Å². The Bertz CT molecular complexity index is 469. The van der Waals surface area contributed by atoms with Gasteiger partial charge in [-0.05, 0) is 30.7 Å². The fraction of sp³-hybridized carbons (Fsp3) is 0.636. The molecular formula is C11H20N2O2S3. The first kappa shape index (κ1) is 16.0. The van der Waals surface area contributed by atoms with Crippen LogP contribution in [0.1, 0.15) is 17.4 Å². The second kappa shape index (κ2) is 7.49. The van der Waals surface area contributed by atoms with Gasteiger partial charge < -0.3 is 5.32 Å². The van der Waals surface area contributed by atoms with Crippen LogP contribution in [0.2, 0.25) is 0 Å². The van der Waals surface area contributed by atoms with Gasteiger partial charge in [0.25, 0.3) is 0 Å². The van der Waals surface area contributed by atoms with Gasteiger partial charge in [-0.25, -0.2) is 13.1 Å². The van der Waals surface area contributed by atoms with E-state index in [0.29, 0.717) is 18.0 Å². The summed E-state index contributed by atoms with van der Waals surface area (Å²) in [5, 5.41) is 5.07. The molecule has 0 spiro atoms. The molecule has 1 rings (SSSR count). The molecule has 0 amide bonds. The SMILES string of the molecule is CCNCc1scc(C)c1S(=O)(=O)NCCSC. The van der Waals surface area contributed by atoms with Crippen LogP contribution in [0.4, 0.5) is 0 Å². The number of thiophene rings is 1. The monoisotopic (exact) mass is 308 g/mol. The second-order valence-electron chi connectivity index (χ2n) is 3.84. The molecule has 104 valence electrons. The Kier molecular flexibility index (Phi) is 6.65. The highest BCUT2D eigenvalue weighted by molar-refractivity contribution is 7.98. The fourth-order valence-electron chi connectivity index (χ4n) is 1.56. The first-order valence-corrected chi connectivity index (χ1v) is 9.54. The third kappa shape index (κ3) is 4.24. The molecule has 2 N–H and O–H groups in total. The average molecular weight is 308 g/mol. The second-order valence-corrected chi connectivity index (χ2v) is 7.50. The Morgan fingerprint density at radius 3 is 2.78 bits per heavy atom. The molecule has 0 fully saturated rings. The van der Waals surface area contributed by atoms with Gasteiger partial charge in [0.2, 0.25) is 10.0 Å². The van der Waals surface area contributed by atoms with Gasteiger partial charge in [-0.3, -0.25) is 0 Å². The predicted molar refractivity (Wildman–Crippen MR) is 80.0 cm³/mol. The van der Waals surface area contributed by atoms with E-state index in [1.165, 1.54) is 11.3 Å². The van der Waals surface area contributed by atoms with Crippen LogP contribution in [0.5, 0.6) is 0 Å². The fourth-order valence-corrected chi connectivity index (χ4v) is 4.80. The number of hydrogen-bond acceptors (Lipinski definition) is 5. The molecule has 0 unspecified atom stereocenters. The van der Waals surface area contributed by atoms with Crippen molar-refractivity contribution >= 4 is 33.1 Å². The van der Waals surface area contributed by atoms with Gasteiger partial charge in [0.15, 0.2) is 0 Å². The zero-order chi connectivity index (χ0) is 13.6. The average Bonchev–Trinajstić information content (AvgIpc) is 2.68. The standard InChI is InChI=1S/C11H20N2O2S3/c1-4-12-7-10-11(9(2)8-17-10)18(14,15)13-5-6-16-3/h8,12-13H,4-7H2,1-3H3. The molecule has 1 aromatic heterocycles. The van der Waals surface area contributed by atoms with Crippen molar-refractivity contribution < 1.29 is 8.42 Å². The summed E-state index contributed by atoms with van der Waals surface area (Å²) < 4.78 is 27.1. The highest BCUT2D eigenvalue weighted by Gasteiger charge is 2.22. The van der Waals surface area contributed by atoms with Crippen molar-refractivity contribution in [2.45, 2.75) is 25.3 Å². The number of aryl methyl sites for hydroxylation is 1. The van der Waals surface area contributed by atoms with Crippen molar-refractivity contribution in [2.24, 2.45) is 0 Å². The first-order valence-electron chi connectivity index (χ1n) is 5.79. The third-order valence-corrected chi connectivity index (χ3v) is 5.93. The minimum Gasteiger partial charge on any atom is -0.312 e. The summed E-state index contributed by atoms with van der Waals surface area (Å²) in [7, 11) is -3.37. The van der Waals surface area contributed by atoms with Gasteiger partial charge in [-0.1, -0.05) is 6.92 Å². The Morgan fingerprint density at radius 2 is 2.17 bits per heavy atom. The van der Waals surface area contributed by atoms with Crippen LogP contribution in [-0.4, -0.2) is 33.5 Å². The van der Waals surface area contributed by atoms with Crippen molar-refractivity contribution in [1.29, 1.82) is 0 Å². The lowest BCUT2D eigenvalue weighted by Gasteiger charge is -2.09. The lowest BCUT2D eigenvalue weighted by molar-refractivity contribution is 0.582. The molecule has 0 radical (unpaired) electrons. The van der Waals surface area contributed by atoms with E-state index < -0.39 is 10.0 Å². The number of rotatable bonds is 8. The van der Waals surface area contributed by atoms with E-state index in [1.807, 2.05) is 25.5 Å². The zero-order valence-electron chi connectivity index (χ0n) is 10.9. The van der Waals surface area contributed by atoms with Gasteiger partial charge >= 0.3 is 0 Å². The van der Waals surface area contributed by atoms with Gasteiger partial charge in [0.05, 0.1) is 0 Å². The molecule has 18 heavy (non-hydrogen) atoms. The molecule has 4 nitrogen and oxygen atoms in total. The Morgan fingerprint density at radius 1 is 1.44 bits per heavy atom. The maximum Gasteiger partial charge on any atom is 0.242 e. The molecule has 1 heterocycles. The van der Waals surface area contributed by atoms with E-state index in [0.717, 1.165) is 22.7 Å². The molecular weight excluding hydrogens is 288 g/mol. The van der Waals surface area contributed by atoms with E-state index >= 15 is 0 Å². The van der Waals surface area contributed by atoms with Gasteiger partial charge in [-0.15, -0.1) is 11.3 Å². The molecule has 1 aromatic rings. The molecule has 7 heteroatoms. The van der Waals surface area contributed by atoms with Gasteiger partial charge in [0.1, 0.15) is 4.90 Å². The van der Waals surface area contributed by atoms with Crippen molar-refractivity contribution in [2.75, 3.05) is 25.1 Å². The molecule has 0 atom stereocenters. The molecule has 0 saturated heterocycles. The third-order valence-electron chi connectivity index (χ3n) is 2.39. The normalized spacial score (nSPS) is 11.9. The first-order chi connectivity index (χ1) is 8.53. The van der Waals surface area contributed by atoms with Crippen molar-refractivity contribution in [1.82, 2.24) is 10.0 Å². The van der Waals surface area contributed by atoms with Crippen LogP contribution >= 0.6 is 23.1 Å². The summed E-state index contributed by atoms with van der Waals surface area (Å²) >= 11 is 3.12. The van der Waals surface area contributed by atoms with Crippen molar-refractivity contribution in [3.63, 3.8) is 0 Å². The van der Waals surface area contributed by atoms with Crippen LogP contribution < -0.4 is 10.0 Å². The number of sulfonamides is 1. The number of thioether (sulfide) groups is 1. The summed E-state index contributed by atoms with van der Waals surface area (Å²) in [5.74, 6) is 0.783. The summed E-state index contributed by atoms with van der Waals surface area (Å²) in [4.78, 5) is 1.33. The van der Waals surface area contributed by atoms with E-state index in [-0.39, 0.29) is 0 Å². The summed E-state index contributed by atoms with van der Waals surface area (Å²) in [6.07, 6.45) is 1.96. The van der Waals surface area contributed by atoms with Gasteiger partial charge in [0, 0.05) is 23.7 Å². The van der Waals surface area contributed by atoms with Crippen LogP contribution in [0.15, 0.2) is 10.3 Å². The van der Waals surface area contributed by atoms with E-state index in [9.17, 15) is 8.42 Å². The molecule has 0 aliphatic rings. The number of hydrogen-bond donors (Lipinski definition) is 2. The largest absolute Gasteiger partial charge is 0.312 e.